The predicted octanol–water partition coefficient (Wildman–Crippen LogP) is 4.61. The van der Waals surface area contributed by atoms with Gasteiger partial charge >= 0.3 is 5.97 Å². The number of carboxylic acids is 1. The van der Waals surface area contributed by atoms with Crippen LogP contribution in [0.25, 0.3) is 6.08 Å². The zero-order chi connectivity index (χ0) is 21.0. The highest BCUT2D eigenvalue weighted by molar-refractivity contribution is 8.27. The maximum Gasteiger partial charge on any atom is 0.341 e. The molecule has 2 aromatic rings. The van der Waals surface area contributed by atoms with Crippen molar-refractivity contribution in [3.05, 3.63) is 58.0 Å². The fraction of sp³-hybridized carbons (Fsp3) is 0.150. The maximum atomic E-state index is 12.9. The summed E-state index contributed by atoms with van der Waals surface area (Å²) in [6, 6.07) is 12.4. The number of carbonyl (C=O) groups excluding carboxylic acids is 1. The molecular weight excluding hydrogens is 434 g/mol. The first-order valence-electron chi connectivity index (χ1n) is 8.54. The van der Waals surface area contributed by atoms with Gasteiger partial charge in [-0.2, -0.15) is 0 Å². The Hall–Kier alpha value is -2.55. The Morgan fingerprint density at radius 3 is 2.66 bits per heavy atom. The van der Waals surface area contributed by atoms with Crippen molar-refractivity contribution < 1.29 is 24.2 Å². The highest BCUT2D eigenvalue weighted by Crippen LogP contribution is 2.40. The third kappa shape index (κ3) is 4.90. The van der Waals surface area contributed by atoms with Gasteiger partial charge in [0, 0.05) is 0 Å². The first-order valence-corrected chi connectivity index (χ1v) is 10.1. The number of hydrogen-bond donors (Lipinski definition) is 1. The smallest absolute Gasteiger partial charge is 0.341 e. The van der Waals surface area contributed by atoms with Crippen molar-refractivity contribution in [2.24, 2.45) is 0 Å². The molecule has 2 aromatic carbocycles. The Balaban J connectivity index is 1.92. The number of nitrogens with zero attached hydrogens (tertiary/aromatic N) is 1. The molecule has 0 spiro atoms. The number of amides is 1. The summed E-state index contributed by atoms with van der Waals surface area (Å²) in [4.78, 5) is 25.6. The first-order chi connectivity index (χ1) is 13.9. The van der Waals surface area contributed by atoms with Crippen molar-refractivity contribution in [3.63, 3.8) is 0 Å². The van der Waals surface area contributed by atoms with Gasteiger partial charge in [0.2, 0.25) is 0 Å². The lowest BCUT2D eigenvalue weighted by Crippen LogP contribution is -2.27. The van der Waals surface area contributed by atoms with Gasteiger partial charge in [-0.15, -0.1) is 0 Å². The van der Waals surface area contributed by atoms with Crippen molar-refractivity contribution >= 4 is 63.5 Å². The zero-order valence-electron chi connectivity index (χ0n) is 15.3. The number of carboxylic acid groups (broad SMARTS) is 1. The van der Waals surface area contributed by atoms with E-state index in [0.29, 0.717) is 32.8 Å². The lowest BCUT2D eigenvalue weighted by Gasteiger charge is -2.14. The van der Waals surface area contributed by atoms with E-state index >= 15 is 0 Å². The van der Waals surface area contributed by atoms with Crippen LogP contribution < -0.4 is 14.4 Å². The van der Waals surface area contributed by atoms with Gasteiger partial charge in [0.05, 0.1) is 22.2 Å². The molecule has 0 atom stereocenters. The Kier molecular flexibility index (Phi) is 6.79. The number of halogens is 1. The number of carbonyl (C=O) groups is 2. The number of hydrogen-bond acceptors (Lipinski definition) is 6. The molecule has 29 heavy (non-hydrogen) atoms. The third-order valence-electron chi connectivity index (χ3n) is 3.78. The molecule has 0 unspecified atom stereocenters. The summed E-state index contributed by atoms with van der Waals surface area (Å²) in [5.41, 5.74) is 1.30. The predicted molar refractivity (Wildman–Crippen MR) is 118 cm³/mol. The minimum atomic E-state index is -1.13. The number of para-hydroxylation sites is 1. The highest BCUT2D eigenvalue weighted by atomic mass is 35.5. The summed E-state index contributed by atoms with van der Waals surface area (Å²) < 4.78 is 11.2. The van der Waals surface area contributed by atoms with Crippen LogP contribution in [0, 0.1) is 0 Å². The van der Waals surface area contributed by atoms with Crippen LogP contribution >= 0.6 is 35.6 Å². The molecule has 1 heterocycles. The molecule has 0 aromatic heterocycles. The molecule has 1 saturated heterocycles. The molecule has 1 amide bonds. The Morgan fingerprint density at radius 2 is 2.00 bits per heavy atom. The number of rotatable bonds is 7. The summed E-state index contributed by atoms with van der Waals surface area (Å²) in [6.07, 6.45) is 1.66. The van der Waals surface area contributed by atoms with E-state index in [2.05, 4.69) is 0 Å². The summed E-state index contributed by atoms with van der Waals surface area (Å²) in [7, 11) is 0. The third-order valence-corrected chi connectivity index (χ3v) is 5.36. The van der Waals surface area contributed by atoms with Crippen LogP contribution in [-0.2, 0) is 9.59 Å². The van der Waals surface area contributed by atoms with Crippen molar-refractivity contribution in [2.75, 3.05) is 18.1 Å². The van der Waals surface area contributed by atoms with Gasteiger partial charge in [0.25, 0.3) is 5.91 Å². The molecule has 3 rings (SSSR count). The van der Waals surface area contributed by atoms with Crippen LogP contribution in [-0.4, -0.2) is 34.5 Å². The summed E-state index contributed by atoms with van der Waals surface area (Å²) in [5.74, 6) is -0.917. The van der Waals surface area contributed by atoms with Gasteiger partial charge in [0.15, 0.2) is 22.4 Å². The maximum absolute atomic E-state index is 12.9. The number of ether oxygens (including phenoxy) is 2. The zero-order valence-corrected chi connectivity index (χ0v) is 17.6. The molecule has 0 saturated carbocycles. The van der Waals surface area contributed by atoms with E-state index in [1.54, 1.807) is 25.1 Å². The van der Waals surface area contributed by atoms with Crippen molar-refractivity contribution in [2.45, 2.75) is 6.92 Å². The molecule has 0 radical (unpaired) electrons. The minimum absolute atomic E-state index is 0.143. The van der Waals surface area contributed by atoms with Gasteiger partial charge in [0.1, 0.15) is 0 Å². The minimum Gasteiger partial charge on any atom is -0.490 e. The lowest BCUT2D eigenvalue weighted by atomic mass is 10.1. The topological polar surface area (TPSA) is 76.1 Å². The number of aliphatic carboxylic acids is 1. The van der Waals surface area contributed by atoms with E-state index in [1.165, 1.54) is 16.7 Å². The van der Waals surface area contributed by atoms with Crippen molar-refractivity contribution in [1.82, 2.24) is 0 Å². The van der Waals surface area contributed by atoms with Crippen LogP contribution in [0.4, 0.5) is 5.69 Å². The molecule has 150 valence electrons. The quantitative estimate of drug-likeness (QED) is 0.488. The number of anilines is 1. The molecule has 1 N–H and O–H groups in total. The van der Waals surface area contributed by atoms with E-state index in [1.807, 2.05) is 30.3 Å². The van der Waals surface area contributed by atoms with Gasteiger partial charge in [-0.3, -0.25) is 9.69 Å². The normalized spacial score (nSPS) is 15.1. The van der Waals surface area contributed by atoms with Crippen LogP contribution in [0.3, 0.4) is 0 Å². The second-order valence-electron chi connectivity index (χ2n) is 5.80. The van der Waals surface area contributed by atoms with E-state index < -0.39 is 12.6 Å². The van der Waals surface area contributed by atoms with Crippen LogP contribution in [0.15, 0.2) is 47.4 Å². The second-order valence-corrected chi connectivity index (χ2v) is 7.88. The summed E-state index contributed by atoms with van der Waals surface area (Å²) in [5, 5.41) is 9.01. The Morgan fingerprint density at radius 1 is 1.28 bits per heavy atom. The average molecular weight is 450 g/mol. The van der Waals surface area contributed by atoms with E-state index in [4.69, 9.17) is 38.4 Å². The largest absolute Gasteiger partial charge is 0.490 e. The monoisotopic (exact) mass is 449 g/mol. The molecule has 6 nitrogen and oxygen atoms in total. The standard InChI is InChI=1S/C20H16ClNO5S2/c1-2-26-15-9-12(8-14(21)18(15)27-11-17(23)24)10-16-19(25)22(20(28)29-16)13-6-4-3-5-7-13/h3-10H,2,11H2,1H3,(H,23,24)/b16-10+. The summed E-state index contributed by atoms with van der Waals surface area (Å²) in [6.45, 7) is 1.57. The highest BCUT2D eigenvalue weighted by Gasteiger charge is 2.33. The number of thiocarbonyl (C=S) groups is 1. The molecular formula is C20H16ClNO5S2. The molecule has 1 fully saturated rings. The molecule has 9 heteroatoms. The van der Waals surface area contributed by atoms with Crippen LogP contribution in [0.2, 0.25) is 5.02 Å². The van der Waals surface area contributed by atoms with Gasteiger partial charge in [-0.05, 0) is 42.8 Å². The SMILES string of the molecule is CCOc1cc(/C=C2/SC(=S)N(c3ccccc3)C2=O)cc(Cl)c1OCC(=O)O. The second kappa shape index (κ2) is 9.30. The Labute approximate surface area is 182 Å². The van der Waals surface area contributed by atoms with E-state index in [0.717, 1.165) is 0 Å². The van der Waals surface area contributed by atoms with Gasteiger partial charge in [-0.1, -0.05) is 53.8 Å². The average Bonchev–Trinajstić information content (AvgIpc) is 2.95. The van der Waals surface area contributed by atoms with Crippen LogP contribution in [0.5, 0.6) is 11.5 Å². The fourth-order valence-electron chi connectivity index (χ4n) is 2.63. The van der Waals surface area contributed by atoms with Gasteiger partial charge in [-0.25, -0.2) is 4.79 Å². The number of benzene rings is 2. The molecule has 0 aliphatic carbocycles. The molecule has 1 aliphatic heterocycles. The first kappa shape index (κ1) is 21.2. The van der Waals surface area contributed by atoms with Crippen molar-refractivity contribution in [1.29, 1.82) is 0 Å². The fourth-order valence-corrected chi connectivity index (χ4v) is 4.20. The van der Waals surface area contributed by atoms with E-state index in [9.17, 15) is 9.59 Å². The van der Waals surface area contributed by atoms with Crippen LogP contribution in [0.1, 0.15) is 12.5 Å². The Bertz CT molecular complexity index is 994. The van der Waals surface area contributed by atoms with Gasteiger partial charge < -0.3 is 14.6 Å². The number of thioether (sulfide) groups is 1. The van der Waals surface area contributed by atoms with Crippen molar-refractivity contribution in [3.8, 4) is 11.5 Å². The summed E-state index contributed by atoms with van der Waals surface area (Å²) >= 11 is 12.8. The molecule has 1 aliphatic rings. The lowest BCUT2D eigenvalue weighted by molar-refractivity contribution is -0.139. The molecule has 0 bridgehead atoms. The van der Waals surface area contributed by atoms with E-state index in [-0.39, 0.29) is 16.7 Å².